The van der Waals surface area contributed by atoms with Crippen molar-refractivity contribution in [3.8, 4) is 0 Å². The summed E-state index contributed by atoms with van der Waals surface area (Å²) in [6.07, 6.45) is 3.83. The van der Waals surface area contributed by atoms with Gasteiger partial charge in [-0.25, -0.2) is 4.98 Å². The summed E-state index contributed by atoms with van der Waals surface area (Å²) in [6, 6.07) is 12.4. The molecule has 0 spiro atoms. The number of aromatic amines is 1. The van der Waals surface area contributed by atoms with Gasteiger partial charge >= 0.3 is 0 Å². The minimum Gasteiger partial charge on any atom is -0.345 e. The maximum absolute atomic E-state index is 13.0. The summed E-state index contributed by atoms with van der Waals surface area (Å²) in [5.41, 5.74) is 1.54. The van der Waals surface area contributed by atoms with Crippen LogP contribution in [-0.4, -0.2) is 63.0 Å². The Morgan fingerprint density at radius 3 is 2.66 bits per heavy atom. The van der Waals surface area contributed by atoms with Crippen molar-refractivity contribution in [3.05, 3.63) is 66.0 Å². The van der Waals surface area contributed by atoms with E-state index in [1.54, 1.807) is 40.3 Å². The van der Waals surface area contributed by atoms with E-state index in [9.17, 15) is 14.4 Å². The first-order valence-electron chi connectivity index (χ1n) is 9.72. The molecule has 0 radical (unpaired) electrons. The first-order chi connectivity index (χ1) is 14.1. The number of rotatable bonds is 4. The van der Waals surface area contributed by atoms with Gasteiger partial charge in [-0.1, -0.05) is 25.1 Å². The third-order valence-electron chi connectivity index (χ3n) is 5.41. The maximum atomic E-state index is 13.0. The maximum Gasteiger partial charge on any atom is 0.295 e. The Labute approximate surface area is 168 Å². The van der Waals surface area contributed by atoms with E-state index < -0.39 is 11.7 Å². The van der Waals surface area contributed by atoms with Gasteiger partial charge in [0.2, 0.25) is 0 Å². The number of piperazine rings is 1. The molecule has 1 unspecified atom stereocenters. The van der Waals surface area contributed by atoms with Crippen LogP contribution in [0.15, 0.2) is 54.9 Å². The Morgan fingerprint density at radius 2 is 1.90 bits per heavy atom. The van der Waals surface area contributed by atoms with Crippen molar-refractivity contribution in [1.82, 2.24) is 19.8 Å². The second-order valence-electron chi connectivity index (χ2n) is 7.11. The molecule has 1 saturated heterocycles. The largest absolute Gasteiger partial charge is 0.345 e. The van der Waals surface area contributed by atoms with Gasteiger partial charge in [0.15, 0.2) is 0 Å². The van der Waals surface area contributed by atoms with Crippen LogP contribution in [0.25, 0.3) is 11.0 Å². The number of nitrogens with one attached hydrogen (secondary N) is 1. The van der Waals surface area contributed by atoms with E-state index in [2.05, 4.69) is 9.97 Å². The van der Waals surface area contributed by atoms with E-state index >= 15 is 0 Å². The average Bonchev–Trinajstić information content (AvgIpc) is 3.22. The monoisotopic (exact) mass is 390 g/mol. The number of carbonyl (C=O) groups is 3. The van der Waals surface area contributed by atoms with Crippen LogP contribution in [-0.2, 0) is 4.79 Å². The van der Waals surface area contributed by atoms with Gasteiger partial charge in [0, 0.05) is 49.0 Å². The molecule has 1 atom stereocenters. The third-order valence-corrected chi connectivity index (χ3v) is 5.41. The van der Waals surface area contributed by atoms with Crippen LogP contribution < -0.4 is 0 Å². The van der Waals surface area contributed by atoms with E-state index in [1.165, 1.54) is 6.20 Å². The molecule has 7 nitrogen and oxygen atoms in total. The molecule has 4 rings (SSSR count). The number of hydrogen-bond donors (Lipinski definition) is 1. The Bertz CT molecular complexity index is 1060. The number of benzene rings is 1. The number of hydrogen-bond acceptors (Lipinski definition) is 4. The SMILES string of the molecule is CCC1CN(C(=O)c2ccccc2)CCN1C(=O)C(=O)c1c[nH]c2ncccc12. The Balaban J connectivity index is 1.51. The van der Waals surface area contributed by atoms with Gasteiger partial charge in [0.05, 0.1) is 5.56 Å². The molecule has 29 heavy (non-hydrogen) atoms. The number of amides is 2. The van der Waals surface area contributed by atoms with Crippen LogP contribution in [0.2, 0.25) is 0 Å². The fourth-order valence-electron chi connectivity index (χ4n) is 3.81. The fourth-order valence-corrected chi connectivity index (χ4v) is 3.81. The highest BCUT2D eigenvalue weighted by atomic mass is 16.2. The summed E-state index contributed by atoms with van der Waals surface area (Å²) in [7, 11) is 0. The first-order valence-corrected chi connectivity index (χ1v) is 9.72. The summed E-state index contributed by atoms with van der Waals surface area (Å²) >= 11 is 0. The minimum absolute atomic E-state index is 0.0508. The molecule has 0 bridgehead atoms. The van der Waals surface area contributed by atoms with Crippen molar-refractivity contribution < 1.29 is 14.4 Å². The van der Waals surface area contributed by atoms with Crippen molar-refractivity contribution in [2.45, 2.75) is 19.4 Å². The highest BCUT2D eigenvalue weighted by Gasteiger charge is 2.35. The van der Waals surface area contributed by atoms with Crippen molar-refractivity contribution >= 4 is 28.6 Å². The Kier molecular flexibility index (Phi) is 5.12. The summed E-state index contributed by atoms with van der Waals surface area (Å²) in [5, 5.41) is 0.636. The highest BCUT2D eigenvalue weighted by Crippen LogP contribution is 2.20. The lowest BCUT2D eigenvalue weighted by molar-refractivity contribution is -0.130. The molecule has 3 heterocycles. The molecule has 148 valence electrons. The Morgan fingerprint density at radius 1 is 1.10 bits per heavy atom. The molecular weight excluding hydrogens is 368 g/mol. The third kappa shape index (κ3) is 3.51. The van der Waals surface area contributed by atoms with E-state index in [-0.39, 0.29) is 11.9 Å². The lowest BCUT2D eigenvalue weighted by Gasteiger charge is -2.40. The number of Topliss-reactive ketones (excluding diaryl/α,β-unsaturated/α-hetero) is 1. The summed E-state index contributed by atoms with van der Waals surface area (Å²) in [5.74, 6) is -1.14. The molecule has 7 heteroatoms. The zero-order chi connectivity index (χ0) is 20.4. The summed E-state index contributed by atoms with van der Waals surface area (Å²) in [6.45, 7) is 3.11. The van der Waals surface area contributed by atoms with Crippen LogP contribution in [0.3, 0.4) is 0 Å². The topological polar surface area (TPSA) is 86.4 Å². The lowest BCUT2D eigenvalue weighted by Crippen LogP contribution is -2.57. The van der Waals surface area contributed by atoms with Gasteiger partial charge in [-0.15, -0.1) is 0 Å². The van der Waals surface area contributed by atoms with Gasteiger partial charge in [0.25, 0.3) is 17.6 Å². The molecule has 0 saturated carbocycles. The number of H-pyrrole nitrogens is 1. The molecule has 2 amide bonds. The van der Waals surface area contributed by atoms with Crippen molar-refractivity contribution in [2.75, 3.05) is 19.6 Å². The van der Waals surface area contributed by atoms with E-state index in [1.807, 2.05) is 25.1 Å². The number of aromatic nitrogens is 2. The molecule has 1 aromatic carbocycles. The second-order valence-corrected chi connectivity index (χ2v) is 7.11. The predicted molar refractivity (Wildman–Crippen MR) is 109 cm³/mol. The standard InChI is InChI=1S/C22H22N4O3/c1-2-16-14-25(21(28)15-7-4-3-5-8-15)11-12-26(16)22(29)19(27)18-13-24-20-17(18)9-6-10-23-20/h3-10,13,16H,2,11-12,14H2,1H3,(H,23,24). The predicted octanol–water partition coefficient (Wildman–Crippen LogP) is 2.51. The number of pyridine rings is 1. The molecule has 1 fully saturated rings. The van der Waals surface area contributed by atoms with Gasteiger partial charge in [-0.3, -0.25) is 14.4 Å². The van der Waals surface area contributed by atoms with E-state index in [0.29, 0.717) is 48.2 Å². The van der Waals surface area contributed by atoms with Gasteiger partial charge in [-0.2, -0.15) is 0 Å². The lowest BCUT2D eigenvalue weighted by atomic mass is 10.0. The van der Waals surface area contributed by atoms with Crippen molar-refractivity contribution in [3.63, 3.8) is 0 Å². The summed E-state index contributed by atoms with van der Waals surface area (Å²) in [4.78, 5) is 49.1. The van der Waals surface area contributed by atoms with Gasteiger partial charge < -0.3 is 14.8 Å². The van der Waals surface area contributed by atoms with E-state index in [0.717, 1.165) is 0 Å². The second kappa shape index (κ2) is 7.87. The number of ketones is 1. The quantitative estimate of drug-likeness (QED) is 0.548. The van der Waals surface area contributed by atoms with Crippen LogP contribution >= 0.6 is 0 Å². The van der Waals surface area contributed by atoms with Crippen LogP contribution in [0.1, 0.15) is 34.1 Å². The number of fused-ring (bicyclic) bond motifs is 1. The molecule has 0 aliphatic carbocycles. The molecule has 2 aromatic heterocycles. The van der Waals surface area contributed by atoms with Crippen molar-refractivity contribution in [1.29, 1.82) is 0 Å². The van der Waals surface area contributed by atoms with Crippen LogP contribution in [0.4, 0.5) is 0 Å². The average molecular weight is 390 g/mol. The number of carbonyl (C=O) groups excluding carboxylic acids is 3. The van der Waals surface area contributed by atoms with E-state index in [4.69, 9.17) is 0 Å². The number of nitrogens with zero attached hydrogens (tertiary/aromatic N) is 3. The summed E-state index contributed by atoms with van der Waals surface area (Å²) < 4.78 is 0. The van der Waals surface area contributed by atoms with Crippen LogP contribution in [0, 0.1) is 0 Å². The zero-order valence-electron chi connectivity index (χ0n) is 16.2. The highest BCUT2D eigenvalue weighted by molar-refractivity contribution is 6.44. The molecule has 3 aromatic rings. The van der Waals surface area contributed by atoms with Crippen molar-refractivity contribution in [2.24, 2.45) is 0 Å². The van der Waals surface area contributed by atoms with Gasteiger partial charge in [-0.05, 0) is 30.7 Å². The van der Waals surface area contributed by atoms with Crippen LogP contribution in [0.5, 0.6) is 0 Å². The molecule has 1 N–H and O–H groups in total. The molecule has 1 aliphatic heterocycles. The zero-order valence-corrected chi connectivity index (χ0v) is 16.2. The Hall–Kier alpha value is -3.48. The first kappa shape index (κ1) is 18.9. The molecular formula is C22H22N4O3. The minimum atomic E-state index is -0.550. The van der Waals surface area contributed by atoms with Gasteiger partial charge in [0.1, 0.15) is 5.65 Å². The normalized spacial score (nSPS) is 16.8. The fraction of sp³-hybridized carbons (Fsp3) is 0.273. The molecule has 1 aliphatic rings. The smallest absolute Gasteiger partial charge is 0.295 e.